The quantitative estimate of drug-likeness (QED) is 0.542. The van der Waals surface area contributed by atoms with Crippen molar-refractivity contribution in [1.29, 1.82) is 0 Å². The Labute approximate surface area is 91.1 Å². The van der Waals surface area contributed by atoms with E-state index in [1.165, 1.54) is 7.11 Å². The lowest BCUT2D eigenvalue weighted by Crippen LogP contribution is -2.29. The van der Waals surface area contributed by atoms with Crippen LogP contribution in [0.3, 0.4) is 0 Å². The SMILES string of the molecule is COC(=O)CCNCC1CC(F)(F)C(=O)O1. The van der Waals surface area contributed by atoms with Crippen LogP contribution in [0.25, 0.3) is 0 Å². The Morgan fingerprint density at radius 1 is 1.69 bits per heavy atom. The third-order valence-corrected chi connectivity index (χ3v) is 2.16. The number of cyclic esters (lactones) is 1. The van der Waals surface area contributed by atoms with Crippen LogP contribution in [-0.4, -0.2) is 44.2 Å². The molecule has 0 spiro atoms. The van der Waals surface area contributed by atoms with Crippen LogP contribution in [0, 0.1) is 0 Å². The Balaban J connectivity index is 2.16. The second-order valence-corrected chi connectivity index (χ2v) is 3.47. The normalized spacial score (nSPS) is 22.9. The lowest BCUT2D eigenvalue weighted by atomic mass is 10.2. The van der Waals surface area contributed by atoms with E-state index in [2.05, 4.69) is 14.8 Å². The van der Waals surface area contributed by atoms with Crippen LogP contribution in [0.5, 0.6) is 0 Å². The summed E-state index contributed by atoms with van der Waals surface area (Å²) in [7, 11) is 1.27. The third kappa shape index (κ3) is 3.41. The van der Waals surface area contributed by atoms with Crippen LogP contribution >= 0.6 is 0 Å². The van der Waals surface area contributed by atoms with Crippen molar-refractivity contribution in [1.82, 2.24) is 5.32 Å². The first-order valence-electron chi connectivity index (χ1n) is 4.82. The zero-order valence-electron chi connectivity index (χ0n) is 8.79. The minimum atomic E-state index is -3.38. The van der Waals surface area contributed by atoms with Crippen molar-refractivity contribution in [2.24, 2.45) is 0 Å². The fraction of sp³-hybridized carbons (Fsp3) is 0.778. The number of halogens is 2. The molecule has 0 aromatic rings. The molecule has 1 fully saturated rings. The molecule has 0 amide bonds. The molecule has 0 saturated carbocycles. The highest BCUT2D eigenvalue weighted by Crippen LogP contribution is 2.30. The number of ether oxygens (including phenoxy) is 2. The van der Waals surface area contributed by atoms with E-state index in [1.807, 2.05) is 0 Å². The number of alkyl halides is 2. The van der Waals surface area contributed by atoms with Gasteiger partial charge in [0.05, 0.1) is 20.0 Å². The van der Waals surface area contributed by atoms with Gasteiger partial charge in [-0.1, -0.05) is 0 Å². The molecule has 1 heterocycles. The van der Waals surface area contributed by atoms with Gasteiger partial charge in [-0.25, -0.2) is 4.79 Å². The summed E-state index contributed by atoms with van der Waals surface area (Å²) in [5.41, 5.74) is 0. The molecule has 0 radical (unpaired) electrons. The number of hydrogen-bond acceptors (Lipinski definition) is 5. The highest BCUT2D eigenvalue weighted by atomic mass is 19.3. The number of esters is 2. The van der Waals surface area contributed by atoms with Gasteiger partial charge >= 0.3 is 17.9 Å². The van der Waals surface area contributed by atoms with Crippen molar-refractivity contribution in [3.8, 4) is 0 Å². The van der Waals surface area contributed by atoms with E-state index < -0.39 is 24.4 Å². The highest BCUT2D eigenvalue weighted by Gasteiger charge is 2.50. The van der Waals surface area contributed by atoms with Gasteiger partial charge in [-0.05, 0) is 0 Å². The number of hydrogen-bond donors (Lipinski definition) is 1. The van der Waals surface area contributed by atoms with Crippen molar-refractivity contribution in [2.75, 3.05) is 20.2 Å². The van der Waals surface area contributed by atoms with E-state index in [4.69, 9.17) is 0 Å². The zero-order valence-corrected chi connectivity index (χ0v) is 8.79. The van der Waals surface area contributed by atoms with Crippen molar-refractivity contribution in [3.63, 3.8) is 0 Å². The first-order chi connectivity index (χ1) is 7.45. The molecule has 1 aliphatic rings. The number of methoxy groups -OCH3 is 1. The molecule has 1 saturated heterocycles. The molecule has 0 aromatic carbocycles. The number of nitrogens with one attached hydrogen (secondary N) is 1. The first kappa shape index (κ1) is 12.8. The molecular formula is C9H13F2NO4. The molecule has 16 heavy (non-hydrogen) atoms. The second-order valence-electron chi connectivity index (χ2n) is 3.47. The summed E-state index contributed by atoms with van der Waals surface area (Å²) in [6.45, 7) is 0.407. The maximum absolute atomic E-state index is 12.7. The predicted molar refractivity (Wildman–Crippen MR) is 48.9 cm³/mol. The average molecular weight is 237 g/mol. The number of rotatable bonds is 5. The molecule has 0 aliphatic carbocycles. The summed E-state index contributed by atoms with van der Waals surface area (Å²) in [5.74, 6) is -5.25. The molecule has 1 N–H and O–H groups in total. The summed E-state index contributed by atoms with van der Waals surface area (Å²) in [5, 5.41) is 2.74. The maximum atomic E-state index is 12.7. The Morgan fingerprint density at radius 3 is 2.88 bits per heavy atom. The Hall–Kier alpha value is -1.24. The molecular weight excluding hydrogens is 224 g/mol. The standard InChI is InChI=1S/C9H13F2NO4/c1-15-7(13)2-3-12-5-6-4-9(10,11)8(14)16-6/h6,12H,2-5H2,1H3. The van der Waals surface area contributed by atoms with E-state index in [9.17, 15) is 18.4 Å². The molecule has 0 aromatic heterocycles. The van der Waals surface area contributed by atoms with Crippen molar-refractivity contribution in [3.05, 3.63) is 0 Å². The first-order valence-corrected chi connectivity index (χ1v) is 4.82. The molecule has 1 atom stereocenters. The van der Waals surface area contributed by atoms with Crippen LogP contribution < -0.4 is 5.32 Å². The Kier molecular flexibility index (Phi) is 4.17. The summed E-state index contributed by atoms with van der Waals surface area (Å²) in [4.78, 5) is 21.3. The lowest BCUT2D eigenvalue weighted by molar-refractivity contribution is -0.159. The van der Waals surface area contributed by atoms with Gasteiger partial charge in [0, 0.05) is 13.1 Å². The second kappa shape index (κ2) is 5.20. The van der Waals surface area contributed by atoms with E-state index in [1.54, 1.807) is 0 Å². The smallest absolute Gasteiger partial charge is 0.377 e. The Bertz CT molecular complexity index is 283. The third-order valence-electron chi connectivity index (χ3n) is 2.16. The highest BCUT2D eigenvalue weighted by molar-refractivity contribution is 5.79. The van der Waals surface area contributed by atoms with Crippen LogP contribution in [0.1, 0.15) is 12.8 Å². The van der Waals surface area contributed by atoms with Gasteiger partial charge in [0.25, 0.3) is 0 Å². The molecule has 5 nitrogen and oxygen atoms in total. The van der Waals surface area contributed by atoms with Gasteiger partial charge < -0.3 is 14.8 Å². The van der Waals surface area contributed by atoms with Crippen molar-refractivity contribution < 1.29 is 27.8 Å². The summed E-state index contributed by atoms with van der Waals surface area (Å²) < 4.78 is 34.2. The maximum Gasteiger partial charge on any atom is 0.377 e. The Morgan fingerprint density at radius 2 is 2.38 bits per heavy atom. The summed E-state index contributed by atoms with van der Waals surface area (Å²) in [6.07, 6.45) is -1.30. The molecule has 1 aliphatic heterocycles. The molecule has 7 heteroatoms. The van der Waals surface area contributed by atoms with Gasteiger partial charge in [0.2, 0.25) is 0 Å². The summed E-state index contributed by atoms with van der Waals surface area (Å²) in [6, 6.07) is 0. The van der Waals surface area contributed by atoms with Crippen LogP contribution in [0.4, 0.5) is 8.78 Å². The van der Waals surface area contributed by atoms with E-state index in [0.29, 0.717) is 6.54 Å². The largest absolute Gasteiger partial charge is 0.469 e. The number of carbonyl (C=O) groups excluding carboxylic acids is 2. The fourth-order valence-corrected chi connectivity index (χ4v) is 1.32. The van der Waals surface area contributed by atoms with Crippen molar-refractivity contribution in [2.45, 2.75) is 24.9 Å². The van der Waals surface area contributed by atoms with Crippen LogP contribution in [0.15, 0.2) is 0 Å². The lowest BCUT2D eigenvalue weighted by Gasteiger charge is -2.09. The van der Waals surface area contributed by atoms with E-state index >= 15 is 0 Å². The molecule has 1 unspecified atom stereocenters. The van der Waals surface area contributed by atoms with E-state index in [-0.39, 0.29) is 18.9 Å². The monoisotopic (exact) mass is 237 g/mol. The van der Waals surface area contributed by atoms with Crippen LogP contribution in [-0.2, 0) is 19.1 Å². The minimum absolute atomic E-state index is 0.109. The van der Waals surface area contributed by atoms with Crippen molar-refractivity contribution >= 4 is 11.9 Å². The fourth-order valence-electron chi connectivity index (χ4n) is 1.32. The zero-order chi connectivity index (χ0) is 12.2. The van der Waals surface area contributed by atoms with Crippen LogP contribution in [0.2, 0.25) is 0 Å². The molecule has 1 rings (SSSR count). The van der Waals surface area contributed by atoms with E-state index in [0.717, 1.165) is 0 Å². The minimum Gasteiger partial charge on any atom is -0.469 e. The number of carbonyl (C=O) groups is 2. The van der Waals surface area contributed by atoms with Gasteiger partial charge in [0.15, 0.2) is 0 Å². The van der Waals surface area contributed by atoms with Gasteiger partial charge in [-0.2, -0.15) is 8.78 Å². The molecule has 0 bridgehead atoms. The topological polar surface area (TPSA) is 64.6 Å². The molecule has 92 valence electrons. The van der Waals surface area contributed by atoms with Gasteiger partial charge in [0.1, 0.15) is 6.10 Å². The van der Waals surface area contributed by atoms with Gasteiger partial charge in [-0.3, -0.25) is 4.79 Å². The average Bonchev–Trinajstić information content (AvgIpc) is 2.47. The predicted octanol–water partition coefficient (Wildman–Crippen LogP) is 0.0899. The summed E-state index contributed by atoms with van der Waals surface area (Å²) >= 11 is 0. The van der Waals surface area contributed by atoms with Gasteiger partial charge in [-0.15, -0.1) is 0 Å².